The molecule has 19 heavy (non-hydrogen) atoms. The largest absolute Gasteiger partial charge is 0.508 e. The Morgan fingerprint density at radius 2 is 1.58 bits per heavy atom. The molecule has 0 aromatic heterocycles. The molecule has 2 aromatic rings. The Hall–Kier alpha value is -1.80. The van der Waals surface area contributed by atoms with Gasteiger partial charge in [0, 0.05) is 6.42 Å². The minimum absolute atomic E-state index is 0.214. The van der Waals surface area contributed by atoms with Crippen molar-refractivity contribution in [2.45, 2.75) is 32.8 Å². The highest BCUT2D eigenvalue weighted by Gasteiger charge is 2.23. The Morgan fingerprint density at radius 1 is 0.947 bits per heavy atom. The van der Waals surface area contributed by atoms with Crippen molar-refractivity contribution < 1.29 is 10.2 Å². The molecule has 0 aliphatic carbocycles. The predicted octanol–water partition coefficient (Wildman–Crippen LogP) is 3.46. The van der Waals surface area contributed by atoms with Crippen LogP contribution in [-0.2, 0) is 12.0 Å². The van der Waals surface area contributed by atoms with Gasteiger partial charge >= 0.3 is 0 Å². The maximum Gasteiger partial charge on any atom is 0.115 e. The van der Waals surface area contributed by atoms with Crippen LogP contribution in [0.15, 0.2) is 42.5 Å². The number of phenols is 1. The second kappa shape index (κ2) is 5.06. The van der Waals surface area contributed by atoms with Crippen molar-refractivity contribution in [2.24, 2.45) is 0 Å². The molecule has 1 atom stereocenters. The van der Waals surface area contributed by atoms with Crippen LogP contribution in [-0.4, -0.2) is 10.2 Å². The van der Waals surface area contributed by atoms with E-state index in [9.17, 15) is 10.2 Å². The van der Waals surface area contributed by atoms with Crippen molar-refractivity contribution in [3.05, 3.63) is 64.7 Å². The average Bonchev–Trinajstić information content (AvgIpc) is 2.34. The van der Waals surface area contributed by atoms with E-state index in [-0.39, 0.29) is 5.75 Å². The molecular formula is C17H20O2. The number of hydrogen-bond donors (Lipinski definition) is 2. The highest BCUT2D eigenvalue weighted by Crippen LogP contribution is 2.27. The molecule has 1 unspecified atom stereocenters. The number of rotatable bonds is 3. The summed E-state index contributed by atoms with van der Waals surface area (Å²) < 4.78 is 0. The van der Waals surface area contributed by atoms with Gasteiger partial charge in [-0.25, -0.2) is 0 Å². The molecule has 0 aliphatic rings. The maximum absolute atomic E-state index is 10.6. The van der Waals surface area contributed by atoms with Gasteiger partial charge < -0.3 is 10.2 Å². The smallest absolute Gasteiger partial charge is 0.115 e. The van der Waals surface area contributed by atoms with E-state index in [1.165, 1.54) is 11.1 Å². The first-order valence-corrected chi connectivity index (χ1v) is 6.46. The molecule has 0 radical (unpaired) electrons. The highest BCUT2D eigenvalue weighted by molar-refractivity contribution is 5.34. The first-order valence-electron chi connectivity index (χ1n) is 6.46. The molecule has 100 valence electrons. The lowest BCUT2D eigenvalue weighted by molar-refractivity contribution is 0.0576. The first-order chi connectivity index (χ1) is 8.88. The molecule has 0 saturated carbocycles. The predicted molar refractivity (Wildman–Crippen MR) is 77.3 cm³/mol. The molecule has 2 heteroatoms. The number of hydrogen-bond acceptors (Lipinski definition) is 2. The molecule has 2 aromatic carbocycles. The van der Waals surface area contributed by atoms with Crippen LogP contribution in [0.2, 0.25) is 0 Å². The molecule has 0 saturated heterocycles. The van der Waals surface area contributed by atoms with Crippen molar-refractivity contribution in [1.82, 2.24) is 0 Å². The minimum atomic E-state index is -0.935. The van der Waals surface area contributed by atoms with Crippen LogP contribution in [0.25, 0.3) is 0 Å². The van der Waals surface area contributed by atoms with E-state index >= 15 is 0 Å². The van der Waals surface area contributed by atoms with Crippen molar-refractivity contribution in [1.29, 1.82) is 0 Å². The van der Waals surface area contributed by atoms with Crippen LogP contribution >= 0.6 is 0 Å². The van der Waals surface area contributed by atoms with E-state index in [1.54, 1.807) is 31.2 Å². The van der Waals surface area contributed by atoms with Crippen molar-refractivity contribution in [3.8, 4) is 5.75 Å². The zero-order valence-corrected chi connectivity index (χ0v) is 11.6. The van der Waals surface area contributed by atoms with Gasteiger partial charge in [-0.05, 0) is 55.2 Å². The second-order valence-corrected chi connectivity index (χ2v) is 5.42. The lowest BCUT2D eigenvalue weighted by Crippen LogP contribution is -2.24. The van der Waals surface area contributed by atoms with Gasteiger partial charge in [-0.3, -0.25) is 0 Å². The Bertz CT molecular complexity index is 568. The summed E-state index contributed by atoms with van der Waals surface area (Å²) in [5, 5.41) is 19.9. The lowest BCUT2D eigenvalue weighted by Gasteiger charge is -2.24. The highest BCUT2D eigenvalue weighted by atomic mass is 16.3. The molecular weight excluding hydrogens is 236 g/mol. The Labute approximate surface area is 114 Å². The summed E-state index contributed by atoms with van der Waals surface area (Å²) in [6, 6.07) is 13.0. The van der Waals surface area contributed by atoms with Gasteiger partial charge in [0.1, 0.15) is 5.75 Å². The maximum atomic E-state index is 10.6. The van der Waals surface area contributed by atoms with Crippen molar-refractivity contribution >= 4 is 0 Å². The monoisotopic (exact) mass is 256 g/mol. The van der Waals surface area contributed by atoms with E-state index in [0.29, 0.717) is 6.42 Å². The molecule has 0 fully saturated rings. The lowest BCUT2D eigenvalue weighted by atomic mass is 9.88. The summed E-state index contributed by atoms with van der Waals surface area (Å²) >= 11 is 0. The normalized spacial score (nSPS) is 14.1. The number of benzene rings is 2. The third-order valence-corrected chi connectivity index (χ3v) is 3.61. The molecule has 0 aliphatic heterocycles. The van der Waals surface area contributed by atoms with Crippen molar-refractivity contribution in [2.75, 3.05) is 0 Å². The molecule has 2 nitrogen and oxygen atoms in total. The third-order valence-electron chi connectivity index (χ3n) is 3.61. The summed E-state index contributed by atoms with van der Waals surface area (Å²) in [7, 11) is 0. The fraction of sp³-hybridized carbons (Fsp3) is 0.294. The molecule has 0 bridgehead atoms. The Balaban J connectivity index is 2.25. The number of aliphatic hydroxyl groups is 1. The SMILES string of the molecule is Cc1ccc(CC(C)(O)c2ccc(O)cc2)cc1C. The Morgan fingerprint density at radius 3 is 2.16 bits per heavy atom. The summed E-state index contributed by atoms with van der Waals surface area (Å²) in [6.07, 6.45) is 0.554. The zero-order valence-electron chi connectivity index (χ0n) is 11.6. The van der Waals surface area contributed by atoms with E-state index in [0.717, 1.165) is 11.1 Å². The summed E-state index contributed by atoms with van der Waals surface area (Å²) in [5.41, 5.74) is 3.48. The molecule has 2 rings (SSSR count). The number of phenolic OH excluding ortho intramolecular Hbond substituents is 1. The first kappa shape index (κ1) is 13.6. The van der Waals surface area contributed by atoms with Gasteiger partial charge in [0.05, 0.1) is 5.60 Å². The van der Waals surface area contributed by atoms with Crippen LogP contribution in [0.4, 0.5) is 0 Å². The Kier molecular flexibility index (Phi) is 3.63. The zero-order chi connectivity index (χ0) is 14.0. The average molecular weight is 256 g/mol. The van der Waals surface area contributed by atoms with Gasteiger partial charge in [-0.1, -0.05) is 30.3 Å². The van der Waals surface area contributed by atoms with Gasteiger partial charge in [-0.2, -0.15) is 0 Å². The summed E-state index contributed by atoms with van der Waals surface area (Å²) in [5.74, 6) is 0.214. The van der Waals surface area contributed by atoms with Crippen LogP contribution in [0, 0.1) is 13.8 Å². The number of aryl methyl sites for hydroxylation is 2. The molecule has 0 amide bonds. The van der Waals surface area contributed by atoms with Gasteiger partial charge in [-0.15, -0.1) is 0 Å². The molecule has 2 N–H and O–H groups in total. The van der Waals surface area contributed by atoms with E-state index in [2.05, 4.69) is 32.0 Å². The van der Waals surface area contributed by atoms with E-state index < -0.39 is 5.60 Å². The standard InChI is InChI=1S/C17H20O2/c1-12-4-5-14(10-13(12)2)11-17(3,19)15-6-8-16(18)9-7-15/h4-10,18-19H,11H2,1-3H3. The minimum Gasteiger partial charge on any atom is -0.508 e. The van der Waals surface area contributed by atoms with Crippen LogP contribution in [0.3, 0.4) is 0 Å². The summed E-state index contributed by atoms with van der Waals surface area (Å²) in [6.45, 7) is 5.96. The van der Waals surface area contributed by atoms with Crippen LogP contribution in [0.5, 0.6) is 5.75 Å². The van der Waals surface area contributed by atoms with Gasteiger partial charge in [0.15, 0.2) is 0 Å². The summed E-state index contributed by atoms with van der Waals surface area (Å²) in [4.78, 5) is 0. The van der Waals surface area contributed by atoms with E-state index in [4.69, 9.17) is 0 Å². The fourth-order valence-electron chi connectivity index (χ4n) is 2.23. The quantitative estimate of drug-likeness (QED) is 0.883. The number of aromatic hydroxyl groups is 1. The van der Waals surface area contributed by atoms with Crippen LogP contribution < -0.4 is 0 Å². The topological polar surface area (TPSA) is 40.5 Å². The third kappa shape index (κ3) is 3.15. The van der Waals surface area contributed by atoms with E-state index in [1.807, 2.05) is 0 Å². The fourth-order valence-corrected chi connectivity index (χ4v) is 2.23. The molecule has 0 heterocycles. The molecule has 0 spiro atoms. The van der Waals surface area contributed by atoms with Gasteiger partial charge in [0.2, 0.25) is 0 Å². The van der Waals surface area contributed by atoms with Gasteiger partial charge in [0.25, 0.3) is 0 Å². The second-order valence-electron chi connectivity index (χ2n) is 5.42. The van der Waals surface area contributed by atoms with Crippen LogP contribution in [0.1, 0.15) is 29.2 Å². The van der Waals surface area contributed by atoms with Crippen molar-refractivity contribution in [3.63, 3.8) is 0 Å².